The highest BCUT2D eigenvalue weighted by Crippen LogP contribution is 2.23. The Balaban J connectivity index is 2.19. The first-order valence-corrected chi connectivity index (χ1v) is 7.97. The quantitative estimate of drug-likeness (QED) is 0.833. The van der Waals surface area contributed by atoms with E-state index in [1.165, 1.54) is 13.3 Å². The molecule has 1 fully saturated rings. The molecule has 0 bridgehead atoms. The van der Waals surface area contributed by atoms with Gasteiger partial charge in [0.05, 0.1) is 12.7 Å². The summed E-state index contributed by atoms with van der Waals surface area (Å²) in [7, 11) is 0.583. The van der Waals surface area contributed by atoms with Crippen LogP contribution in [-0.4, -0.2) is 50.7 Å². The molecule has 1 aromatic heterocycles. The summed E-state index contributed by atoms with van der Waals surface area (Å²) in [5, 5.41) is 0.258. The van der Waals surface area contributed by atoms with E-state index in [1.807, 2.05) is 13.8 Å². The Bertz CT molecular complexity index is 538. The molecule has 1 amide bonds. The van der Waals surface area contributed by atoms with Crippen LogP contribution in [0.1, 0.15) is 24.2 Å². The van der Waals surface area contributed by atoms with Gasteiger partial charge in [-0.3, -0.25) is 9.00 Å². The third-order valence-corrected chi connectivity index (χ3v) is 5.44. The predicted octanol–water partition coefficient (Wildman–Crippen LogP) is 1.73. The van der Waals surface area contributed by atoms with Gasteiger partial charge in [-0.05, 0) is 19.9 Å². The molecule has 5 nitrogen and oxygen atoms in total. The van der Waals surface area contributed by atoms with Crippen molar-refractivity contribution in [3.05, 3.63) is 22.8 Å². The minimum Gasteiger partial charge on any atom is -0.480 e. The van der Waals surface area contributed by atoms with Gasteiger partial charge in [0.15, 0.2) is 0 Å². The lowest BCUT2D eigenvalue weighted by molar-refractivity contribution is 0.0751. The number of amides is 1. The number of aromatic nitrogens is 1. The van der Waals surface area contributed by atoms with Crippen LogP contribution in [0.15, 0.2) is 12.3 Å². The molecule has 1 saturated heterocycles. The van der Waals surface area contributed by atoms with E-state index in [0.29, 0.717) is 29.6 Å². The molecule has 1 aliphatic rings. The third-order valence-electron chi connectivity index (χ3n) is 3.28. The van der Waals surface area contributed by atoms with Crippen molar-refractivity contribution < 1.29 is 13.7 Å². The Hall–Kier alpha value is -1.14. The van der Waals surface area contributed by atoms with E-state index in [4.69, 9.17) is 16.3 Å². The molecule has 0 radical (unpaired) electrons. The summed E-state index contributed by atoms with van der Waals surface area (Å²) < 4.78 is 16.9. The number of rotatable bonds is 2. The standard InChI is InChI=1S/C13H17ClN2O3S/c1-8-6-16(7-9(2)20(8)18)13(17)10-4-11(14)12(19-3)15-5-10/h4-5,8-9H,6-7H2,1-3H3/t8-,9-/m1/s1. The fraction of sp³-hybridized carbons (Fsp3) is 0.538. The van der Waals surface area contributed by atoms with E-state index in [0.717, 1.165) is 0 Å². The number of halogens is 1. The first kappa shape index (κ1) is 15.3. The number of methoxy groups -OCH3 is 1. The van der Waals surface area contributed by atoms with Crippen molar-refractivity contribution in [1.82, 2.24) is 9.88 Å². The van der Waals surface area contributed by atoms with E-state index in [9.17, 15) is 9.00 Å². The fourth-order valence-corrected chi connectivity index (χ4v) is 3.97. The molecule has 0 aromatic carbocycles. The van der Waals surface area contributed by atoms with Crippen LogP contribution >= 0.6 is 11.6 Å². The zero-order chi connectivity index (χ0) is 14.9. The SMILES string of the molecule is COc1ncc(C(=O)N2C[C@@H](C)S(=O)[C@H](C)C2)cc1Cl. The Morgan fingerprint density at radius 1 is 1.45 bits per heavy atom. The molecule has 2 rings (SSSR count). The molecular formula is C13H17ClN2O3S. The highest BCUT2D eigenvalue weighted by atomic mass is 35.5. The molecule has 20 heavy (non-hydrogen) atoms. The van der Waals surface area contributed by atoms with Crippen LogP contribution < -0.4 is 4.74 Å². The summed E-state index contributed by atoms with van der Waals surface area (Å²) in [5.74, 6) is 0.155. The monoisotopic (exact) mass is 316 g/mol. The van der Waals surface area contributed by atoms with Crippen molar-refractivity contribution in [1.29, 1.82) is 0 Å². The Kier molecular flexibility index (Phi) is 4.65. The van der Waals surface area contributed by atoms with Crippen LogP contribution in [0.4, 0.5) is 0 Å². The van der Waals surface area contributed by atoms with Gasteiger partial charge in [0.25, 0.3) is 5.91 Å². The van der Waals surface area contributed by atoms with Gasteiger partial charge < -0.3 is 9.64 Å². The van der Waals surface area contributed by atoms with Crippen molar-refractivity contribution in [2.75, 3.05) is 20.2 Å². The lowest BCUT2D eigenvalue weighted by Gasteiger charge is -2.34. The Labute approximate surface area is 125 Å². The van der Waals surface area contributed by atoms with E-state index < -0.39 is 10.8 Å². The van der Waals surface area contributed by atoms with Gasteiger partial charge in [-0.15, -0.1) is 0 Å². The average molecular weight is 317 g/mol. The van der Waals surface area contributed by atoms with Crippen LogP contribution in [0.25, 0.3) is 0 Å². The van der Waals surface area contributed by atoms with Crippen molar-refractivity contribution in [2.45, 2.75) is 24.3 Å². The summed E-state index contributed by atoms with van der Waals surface area (Å²) in [4.78, 5) is 18.1. The number of hydrogen-bond acceptors (Lipinski definition) is 4. The third kappa shape index (κ3) is 2.96. The number of pyridine rings is 1. The van der Waals surface area contributed by atoms with Crippen molar-refractivity contribution in [3.63, 3.8) is 0 Å². The molecule has 7 heteroatoms. The second-order valence-corrected chi connectivity index (χ2v) is 7.55. The second-order valence-electron chi connectivity index (χ2n) is 4.87. The van der Waals surface area contributed by atoms with Crippen LogP contribution in [-0.2, 0) is 10.8 Å². The van der Waals surface area contributed by atoms with Crippen molar-refractivity contribution >= 4 is 28.3 Å². The molecule has 0 aliphatic carbocycles. The van der Waals surface area contributed by atoms with E-state index in [2.05, 4.69) is 4.98 Å². The zero-order valence-electron chi connectivity index (χ0n) is 11.6. The van der Waals surface area contributed by atoms with Gasteiger partial charge in [-0.2, -0.15) is 0 Å². The fourth-order valence-electron chi connectivity index (χ4n) is 2.28. The predicted molar refractivity (Wildman–Crippen MR) is 78.8 cm³/mol. The molecule has 1 aliphatic heterocycles. The average Bonchev–Trinajstić information content (AvgIpc) is 2.43. The molecular weight excluding hydrogens is 300 g/mol. The maximum atomic E-state index is 12.4. The molecule has 0 unspecified atom stereocenters. The van der Waals surface area contributed by atoms with Crippen LogP contribution in [0, 0.1) is 0 Å². The molecule has 0 spiro atoms. The summed E-state index contributed by atoms with van der Waals surface area (Å²) >= 11 is 5.99. The van der Waals surface area contributed by atoms with E-state index in [-0.39, 0.29) is 16.4 Å². The summed E-state index contributed by atoms with van der Waals surface area (Å²) in [6.45, 7) is 4.76. The number of carbonyl (C=O) groups is 1. The Morgan fingerprint density at radius 3 is 2.55 bits per heavy atom. The normalized spacial score (nSPS) is 23.7. The summed E-state index contributed by atoms with van der Waals surface area (Å²) in [6.07, 6.45) is 1.45. The summed E-state index contributed by atoms with van der Waals surface area (Å²) in [5.41, 5.74) is 0.419. The van der Waals surface area contributed by atoms with Gasteiger partial charge in [0, 0.05) is 40.6 Å². The van der Waals surface area contributed by atoms with Crippen LogP contribution in [0.5, 0.6) is 5.88 Å². The lowest BCUT2D eigenvalue weighted by atomic mass is 10.2. The van der Waals surface area contributed by atoms with Gasteiger partial charge in [0.1, 0.15) is 5.02 Å². The summed E-state index contributed by atoms with van der Waals surface area (Å²) in [6, 6.07) is 1.55. The van der Waals surface area contributed by atoms with E-state index in [1.54, 1.807) is 11.0 Å². The highest BCUT2D eigenvalue weighted by molar-refractivity contribution is 7.86. The van der Waals surface area contributed by atoms with Gasteiger partial charge in [0.2, 0.25) is 5.88 Å². The maximum Gasteiger partial charge on any atom is 0.255 e. The molecule has 2 heterocycles. The number of ether oxygens (including phenoxy) is 1. The second kappa shape index (κ2) is 6.10. The van der Waals surface area contributed by atoms with Crippen LogP contribution in [0.2, 0.25) is 5.02 Å². The molecule has 1 aromatic rings. The molecule has 2 atom stereocenters. The lowest BCUT2D eigenvalue weighted by Crippen LogP contribution is -2.49. The molecule has 110 valence electrons. The minimum atomic E-state index is -0.888. The van der Waals surface area contributed by atoms with Gasteiger partial charge >= 0.3 is 0 Å². The first-order valence-electron chi connectivity index (χ1n) is 6.32. The van der Waals surface area contributed by atoms with Gasteiger partial charge in [-0.1, -0.05) is 11.6 Å². The van der Waals surface area contributed by atoms with Crippen molar-refractivity contribution in [2.24, 2.45) is 0 Å². The molecule has 0 N–H and O–H groups in total. The minimum absolute atomic E-state index is 0.0237. The molecule has 0 saturated carbocycles. The topological polar surface area (TPSA) is 59.5 Å². The van der Waals surface area contributed by atoms with Crippen LogP contribution in [0.3, 0.4) is 0 Å². The number of hydrogen-bond donors (Lipinski definition) is 0. The largest absolute Gasteiger partial charge is 0.480 e. The number of nitrogens with zero attached hydrogens (tertiary/aromatic N) is 2. The van der Waals surface area contributed by atoms with Crippen molar-refractivity contribution in [3.8, 4) is 5.88 Å². The smallest absolute Gasteiger partial charge is 0.255 e. The zero-order valence-corrected chi connectivity index (χ0v) is 13.2. The highest BCUT2D eigenvalue weighted by Gasteiger charge is 2.31. The van der Waals surface area contributed by atoms with E-state index >= 15 is 0 Å². The van der Waals surface area contributed by atoms with Gasteiger partial charge in [-0.25, -0.2) is 4.98 Å². The first-order chi connectivity index (χ1) is 9.43. The number of carbonyl (C=O) groups excluding carboxylic acids is 1. The Morgan fingerprint density at radius 2 is 2.05 bits per heavy atom. The maximum absolute atomic E-state index is 12.4.